The van der Waals surface area contributed by atoms with Gasteiger partial charge in [0, 0.05) is 14.7 Å². The quantitative estimate of drug-likeness (QED) is 0.638. The lowest BCUT2D eigenvalue weighted by atomic mass is 10.0. The van der Waals surface area contributed by atoms with E-state index in [-0.39, 0.29) is 0 Å². The number of thioether (sulfide) groups is 1. The van der Waals surface area contributed by atoms with Crippen molar-refractivity contribution in [1.29, 1.82) is 5.26 Å². The van der Waals surface area contributed by atoms with Gasteiger partial charge in [0.2, 0.25) is 0 Å². The van der Waals surface area contributed by atoms with Crippen molar-refractivity contribution in [3.63, 3.8) is 0 Å². The van der Waals surface area contributed by atoms with Crippen molar-refractivity contribution in [2.75, 3.05) is 5.75 Å². The Labute approximate surface area is 135 Å². The minimum atomic E-state index is 0.544. The number of nitrogens with zero attached hydrogens (tertiary/aromatic N) is 1. The SMILES string of the molecule is CCSc1cccc(Sc2ccc(C(C)C)cc2)c1C#N. The average molecular weight is 313 g/mol. The van der Waals surface area contributed by atoms with Crippen LogP contribution in [0, 0.1) is 11.3 Å². The van der Waals surface area contributed by atoms with Crippen LogP contribution in [0.1, 0.15) is 37.8 Å². The Bertz CT molecular complexity index is 639. The third kappa shape index (κ3) is 4.06. The van der Waals surface area contributed by atoms with Gasteiger partial charge in [-0.05, 0) is 41.5 Å². The number of hydrogen-bond donors (Lipinski definition) is 0. The van der Waals surface area contributed by atoms with Gasteiger partial charge in [-0.1, -0.05) is 50.7 Å². The second-order valence-corrected chi connectivity index (χ2v) is 7.42. The predicted octanol–water partition coefficient (Wildman–Crippen LogP) is 5.94. The summed E-state index contributed by atoms with van der Waals surface area (Å²) in [4.78, 5) is 3.28. The topological polar surface area (TPSA) is 23.8 Å². The Morgan fingerprint density at radius 2 is 1.71 bits per heavy atom. The number of rotatable bonds is 5. The van der Waals surface area contributed by atoms with E-state index in [9.17, 15) is 5.26 Å². The lowest BCUT2D eigenvalue weighted by Crippen LogP contribution is -1.88. The van der Waals surface area contributed by atoms with E-state index < -0.39 is 0 Å². The lowest BCUT2D eigenvalue weighted by molar-refractivity contribution is 0.865. The molecule has 0 spiro atoms. The second kappa shape index (κ2) is 7.59. The summed E-state index contributed by atoms with van der Waals surface area (Å²) in [5, 5.41) is 9.44. The first kappa shape index (κ1) is 16.0. The zero-order chi connectivity index (χ0) is 15.2. The average Bonchev–Trinajstić information content (AvgIpc) is 2.48. The second-order valence-electron chi connectivity index (χ2n) is 5.00. The highest BCUT2D eigenvalue weighted by Gasteiger charge is 2.09. The Kier molecular flexibility index (Phi) is 5.78. The van der Waals surface area contributed by atoms with Crippen LogP contribution in [0.2, 0.25) is 0 Å². The maximum Gasteiger partial charge on any atom is 0.101 e. The molecule has 0 bridgehead atoms. The molecule has 0 atom stereocenters. The predicted molar refractivity (Wildman–Crippen MR) is 92.2 cm³/mol. The largest absolute Gasteiger partial charge is 0.192 e. The normalized spacial score (nSPS) is 10.6. The van der Waals surface area contributed by atoms with Gasteiger partial charge in [-0.2, -0.15) is 5.26 Å². The van der Waals surface area contributed by atoms with Gasteiger partial charge in [-0.3, -0.25) is 0 Å². The van der Waals surface area contributed by atoms with Gasteiger partial charge in [-0.25, -0.2) is 0 Å². The molecule has 2 rings (SSSR count). The standard InChI is InChI=1S/C18H19NS2/c1-4-20-17-6-5-7-18(16(17)12-19)21-15-10-8-14(9-11-15)13(2)3/h5-11,13H,4H2,1-3H3. The fourth-order valence-electron chi connectivity index (χ4n) is 2.03. The van der Waals surface area contributed by atoms with Crippen molar-refractivity contribution in [3.05, 3.63) is 53.6 Å². The van der Waals surface area contributed by atoms with E-state index in [0.717, 1.165) is 21.1 Å². The monoisotopic (exact) mass is 313 g/mol. The molecule has 0 saturated heterocycles. The summed E-state index contributed by atoms with van der Waals surface area (Å²) in [5.74, 6) is 1.52. The van der Waals surface area contributed by atoms with Crippen molar-refractivity contribution in [3.8, 4) is 6.07 Å². The highest BCUT2D eigenvalue weighted by molar-refractivity contribution is 8.00. The molecule has 2 aromatic rings. The van der Waals surface area contributed by atoms with Crippen LogP contribution < -0.4 is 0 Å². The van der Waals surface area contributed by atoms with Crippen LogP contribution in [0.5, 0.6) is 0 Å². The highest BCUT2D eigenvalue weighted by Crippen LogP contribution is 2.35. The van der Waals surface area contributed by atoms with Crippen molar-refractivity contribution in [1.82, 2.24) is 0 Å². The molecule has 108 valence electrons. The Hall–Kier alpha value is -1.37. The highest BCUT2D eigenvalue weighted by atomic mass is 32.2. The van der Waals surface area contributed by atoms with Gasteiger partial charge in [0.25, 0.3) is 0 Å². The first-order chi connectivity index (χ1) is 10.2. The molecule has 21 heavy (non-hydrogen) atoms. The van der Waals surface area contributed by atoms with E-state index in [1.807, 2.05) is 18.2 Å². The molecular formula is C18H19NS2. The van der Waals surface area contributed by atoms with Crippen molar-refractivity contribution >= 4 is 23.5 Å². The van der Waals surface area contributed by atoms with E-state index >= 15 is 0 Å². The summed E-state index contributed by atoms with van der Waals surface area (Å²) < 4.78 is 0. The molecule has 0 aromatic heterocycles. The van der Waals surface area contributed by atoms with Crippen LogP contribution in [0.4, 0.5) is 0 Å². The minimum Gasteiger partial charge on any atom is -0.192 e. The third-order valence-electron chi connectivity index (χ3n) is 3.17. The first-order valence-electron chi connectivity index (χ1n) is 7.09. The fraction of sp³-hybridized carbons (Fsp3) is 0.278. The van der Waals surface area contributed by atoms with Gasteiger partial charge >= 0.3 is 0 Å². The van der Waals surface area contributed by atoms with Crippen LogP contribution in [-0.4, -0.2) is 5.75 Å². The fourth-order valence-corrected chi connectivity index (χ4v) is 3.81. The zero-order valence-corrected chi connectivity index (χ0v) is 14.2. The number of nitriles is 1. The maximum absolute atomic E-state index is 9.44. The molecule has 0 N–H and O–H groups in total. The molecule has 3 heteroatoms. The molecule has 0 aliphatic heterocycles. The summed E-state index contributed by atoms with van der Waals surface area (Å²) in [5.41, 5.74) is 2.14. The summed E-state index contributed by atoms with van der Waals surface area (Å²) in [6.07, 6.45) is 0. The van der Waals surface area contributed by atoms with E-state index in [0.29, 0.717) is 5.92 Å². The number of benzene rings is 2. The van der Waals surface area contributed by atoms with E-state index in [2.05, 4.69) is 51.1 Å². The molecule has 0 amide bonds. The van der Waals surface area contributed by atoms with E-state index in [4.69, 9.17) is 0 Å². The molecule has 0 unspecified atom stereocenters. The molecular weight excluding hydrogens is 294 g/mol. The van der Waals surface area contributed by atoms with Crippen LogP contribution >= 0.6 is 23.5 Å². The summed E-state index contributed by atoms with van der Waals surface area (Å²) in [7, 11) is 0. The first-order valence-corrected chi connectivity index (χ1v) is 8.89. The van der Waals surface area contributed by atoms with Gasteiger partial charge < -0.3 is 0 Å². The minimum absolute atomic E-state index is 0.544. The lowest BCUT2D eigenvalue weighted by Gasteiger charge is -2.09. The van der Waals surface area contributed by atoms with Crippen LogP contribution in [-0.2, 0) is 0 Å². The molecule has 0 heterocycles. The van der Waals surface area contributed by atoms with E-state index in [1.54, 1.807) is 23.5 Å². The summed E-state index contributed by atoms with van der Waals surface area (Å²) in [6, 6.07) is 17.1. The van der Waals surface area contributed by atoms with Gasteiger partial charge in [-0.15, -0.1) is 11.8 Å². The zero-order valence-electron chi connectivity index (χ0n) is 12.6. The molecule has 0 aliphatic carbocycles. The molecule has 0 fully saturated rings. The maximum atomic E-state index is 9.44. The molecule has 2 aromatic carbocycles. The van der Waals surface area contributed by atoms with Crippen molar-refractivity contribution in [2.24, 2.45) is 0 Å². The van der Waals surface area contributed by atoms with Gasteiger partial charge in [0.05, 0.1) is 5.56 Å². The van der Waals surface area contributed by atoms with Crippen LogP contribution in [0.25, 0.3) is 0 Å². The number of hydrogen-bond acceptors (Lipinski definition) is 3. The summed E-state index contributed by atoms with van der Waals surface area (Å²) >= 11 is 3.39. The smallest absolute Gasteiger partial charge is 0.101 e. The van der Waals surface area contributed by atoms with Crippen LogP contribution in [0.15, 0.2) is 57.2 Å². The molecule has 1 nitrogen and oxygen atoms in total. The molecule has 0 aliphatic rings. The van der Waals surface area contributed by atoms with E-state index in [1.165, 1.54) is 10.5 Å². The van der Waals surface area contributed by atoms with Gasteiger partial charge in [0.1, 0.15) is 6.07 Å². The molecule has 0 radical (unpaired) electrons. The van der Waals surface area contributed by atoms with Gasteiger partial charge in [0.15, 0.2) is 0 Å². The van der Waals surface area contributed by atoms with Crippen molar-refractivity contribution in [2.45, 2.75) is 41.4 Å². The van der Waals surface area contributed by atoms with Crippen molar-refractivity contribution < 1.29 is 0 Å². The molecule has 0 saturated carbocycles. The Morgan fingerprint density at radius 3 is 2.29 bits per heavy atom. The van der Waals surface area contributed by atoms with Crippen LogP contribution in [0.3, 0.4) is 0 Å². The third-order valence-corrected chi connectivity index (χ3v) is 5.18. The summed E-state index contributed by atoms with van der Waals surface area (Å²) in [6.45, 7) is 6.50. The Balaban J connectivity index is 2.27. The Morgan fingerprint density at radius 1 is 1.05 bits per heavy atom.